The number of nitrogens with one attached hydrogen (secondary N) is 1. The maximum Gasteiger partial charge on any atom is 0.243 e. The molecule has 1 aliphatic heterocycles. The van der Waals surface area contributed by atoms with Crippen LogP contribution in [0.25, 0.3) is 0 Å². The van der Waals surface area contributed by atoms with E-state index in [1.165, 1.54) is 0 Å². The summed E-state index contributed by atoms with van der Waals surface area (Å²) in [5.41, 5.74) is 2.67. The Labute approximate surface area is 94.9 Å². The number of benzene rings is 1. The fourth-order valence-electron chi connectivity index (χ4n) is 1.91. The number of fused-ring (bicyclic) bond motifs is 1. The number of amides is 1. The molecular weight excluding hydrogens is 204 g/mol. The minimum absolute atomic E-state index is 0.0120. The van der Waals surface area contributed by atoms with Crippen LogP contribution in [-0.4, -0.2) is 23.6 Å². The van der Waals surface area contributed by atoms with Gasteiger partial charge < -0.3 is 15.3 Å². The molecule has 1 heterocycles. The molecular formula is C12H16N2O2. The molecule has 1 aromatic carbocycles. The molecule has 4 heteroatoms. The number of carbonyl (C=O) groups excluding carboxylic acids is 1. The summed E-state index contributed by atoms with van der Waals surface area (Å²) in [4.78, 5) is 13.5. The average Bonchev–Trinajstić information content (AvgIpc) is 2.27. The Morgan fingerprint density at radius 3 is 2.88 bits per heavy atom. The number of hydrogen-bond donors (Lipinski definition) is 2. The van der Waals surface area contributed by atoms with Crippen molar-refractivity contribution >= 4 is 17.3 Å². The largest absolute Gasteiger partial charge is 0.392 e. The average molecular weight is 220 g/mol. The van der Waals surface area contributed by atoms with Crippen LogP contribution in [0.1, 0.15) is 19.4 Å². The third kappa shape index (κ3) is 1.88. The molecule has 86 valence electrons. The highest BCUT2D eigenvalue weighted by atomic mass is 16.3. The molecule has 0 aromatic heterocycles. The minimum atomic E-state index is 0.0120. The van der Waals surface area contributed by atoms with Crippen LogP contribution in [0.4, 0.5) is 11.4 Å². The van der Waals surface area contributed by atoms with Gasteiger partial charge >= 0.3 is 0 Å². The van der Waals surface area contributed by atoms with E-state index in [1.54, 1.807) is 0 Å². The summed E-state index contributed by atoms with van der Waals surface area (Å²) in [6.45, 7) is 4.49. The molecule has 2 N–H and O–H groups in total. The quantitative estimate of drug-likeness (QED) is 0.791. The molecule has 0 saturated carbocycles. The molecule has 0 unspecified atom stereocenters. The molecule has 0 spiro atoms. The van der Waals surface area contributed by atoms with E-state index in [0.29, 0.717) is 6.54 Å². The number of aliphatic hydroxyl groups is 1. The Balaban J connectivity index is 2.45. The number of anilines is 2. The van der Waals surface area contributed by atoms with Gasteiger partial charge in [0.15, 0.2) is 0 Å². The molecule has 0 saturated heterocycles. The van der Waals surface area contributed by atoms with E-state index in [2.05, 4.69) is 5.32 Å². The molecule has 0 radical (unpaired) electrons. The maximum absolute atomic E-state index is 11.5. The van der Waals surface area contributed by atoms with E-state index in [-0.39, 0.29) is 18.6 Å². The Kier molecular flexibility index (Phi) is 2.83. The summed E-state index contributed by atoms with van der Waals surface area (Å²) < 4.78 is 0. The highest BCUT2D eigenvalue weighted by molar-refractivity contribution is 6.01. The van der Waals surface area contributed by atoms with Gasteiger partial charge in [0.2, 0.25) is 5.91 Å². The van der Waals surface area contributed by atoms with Crippen LogP contribution in [0, 0.1) is 0 Å². The Morgan fingerprint density at radius 1 is 1.50 bits per heavy atom. The first kappa shape index (κ1) is 11.0. The van der Waals surface area contributed by atoms with Crippen LogP contribution in [-0.2, 0) is 11.4 Å². The van der Waals surface area contributed by atoms with Crippen LogP contribution in [0.5, 0.6) is 0 Å². The second-order valence-corrected chi connectivity index (χ2v) is 4.28. The van der Waals surface area contributed by atoms with E-state index in [0.717, 1.165) is 16.9 Å². The van der Waals surface area contributed by atoms with Crippen molar-refractivity contribution in [3.8, 4) is 0 Å². The second kappa shape index (κ2) is 4.14. The number of carbonyl (C=O) groups is 1. The predicted molar refractivity (Wildman–Crippen MR) is 63.5 cm³/mol. The molecule has 1 amide bonds. The lowest BCUT2D eigenvalue weighted by atomic mass is 10.1. The molecule has 0 fully saturated rings. The SMILES string of the molecule is CC(C)N1CC(=O)Nc2ccc(CO)cc21. The zero-order valence-electron chi connectivity index (χ0n) is 9.53. The lowest BCUT2D eigenvalue weighted by Gasteiger charge is -2.34. The molecule has 0 aliphatic carbocycles. The topological polar surface area (TPSA) is 52.6 Å². The minimum Gasteiger partial charge on any atom is -0.392 e. The van der Waals surface area contributed by atoms with Crippen LogP contribution in [0.2, 0.25) is 0 Å². The van der Waals surface area contributed by atoms with Crippen molar-refractivity contribution in [2.75, 3.05) is 16.8 Å². The molecule has 1 aliphatic rings. The zero-order valence-corrected chi connectivity index (χ0v) is 9.53. The summed E-state index contributed by atoms with van der Waals surface area (Å²) in [6.07, 6.45) is 0. The summed E-state index contributed by atoms with van der Waals surface area (Å²) in [7, 11) is 0. The zero-order chi connectivity index (χ0) is 11.7. The second-order valence-electron chi connectivity index (χ2n) is 4.28. The first-order valence-corrected chi connectivity index (χ1v) is 5.42. The first-order valence-electron chi connectivity index (χ1n) is 5.42. The molecule has 0 bridgehead atoms. The summed E-state index contributed by atoms with van der Waals surface area (Å²) in [5, 5.41) is 11.9. The van der Waals surface area contributed by atoms with Crippen LogP contribution in [0.3, 0.4) is 0 Å². The van der Waals surface area contributed by atoms with Gasteiger partial charge in [-0.2, -0.15) is 0 Å². The lowest BCUT2D eigenvalue weighted by Crippen LogP contribution is -2.42. The standard InChI is InChI=1S/C12H16N2O2/c1-8(2)14-6-12(16)13-10-4-3-9(7-15)5-11(10)14/h3-5,8,15H,6-7H2,1-2H3,(H,13,16). The van der Waals surface area contributed by atoms with E-state index in [4.69, 9.17) is 5.11 Å². The maximum atomic E-state index is 11.5. The van der Waals surface area contributed by atoms with E-state index < -0.39 is 0 Å². The van der Waals surface area contributed by atoms with Gasteiger partial charge in [0.1, 0.15) is 0 Å². The highest BCUT2D eigenvalue weighted by Gasteiger charge is 2.23. The van der Waals surface area contributed by atoms with Gasteiger partial charge in [0, 0.05) is 6.04 Å². The normalized spacial score (nSPS) is 15.0. The summed E-state index contributed by atoms with van der Waals surface area (Å²) >= 11 is 0. The number of nitrogens with zero attached hydrogens (tertiary/aromatic N) is 1. The molecule has 1 aromatic rings. The monoisotopic (exact) mass is 220 g/mol. The van der Waals surface area contributed by atoms with Crippen molar-refractivity contribution in [1.29, 1.82) is 0 Å². The highest BCUT2D eigenvalue weighted by Crippen LogP contribution is 2.31. The van der Waals surface area contributed by atoms with Crippen molar-refractivity contribution in [1.82, 2.24) is 0 Å². The van der Waals surface area contributed by atoms with Crippen molar-refractivity contribution in [3.63, 3.8) is 0 Å². The number of rotatable bonds is 2. The van der Waals surface area contributed by atoms with Gasteiger partial charge in [-0.15, -0.1) is 0 Å². The Bertz CT molecular complexity index is 415. The van der Waals surface area contributed by atoms with Crippen molar-refractivity contribution in [2.45, 2.75) is 26.5 Å². The van der Waals surface area contributed by atoms with Crippen molar-refractivity contribution < 1.29 is 9.90 Å². The fourth-order valence-corrected chi connectivity index (χ4v) is 1.91. The molecule has 4 nitrogen and oxygen atoms in total. The summed E-state index contributed by atoms with van der Waals surface area (Å²) in [6, 6.07) is 5.85. The van der Waals surface area contributed by atoms with Gasteiger partial charge in [0.25, 0.3) is 0 Å². The van der Waals surface area contributed by atoms with Gasteiger partial charge in [0.05, 0.1) is 24.5 Å². The molecule has 16 heavy (non-hydrogen) atoms. The fraction of sp³-hybridized carbons (Fsp3) is 0.417. The predicted octanol–water partition coefficient (Wildman–Crippen LogP) is 1.35. The third-order valence-corrected chi connectivity index (χ3v) is 2.77. The smallest absolute Gasteiger partial charge is 0.243 e. The van der Waals surface area contributed by atoms with Crippen molar-refractivity contribution in [3.05, 3.63) is 23.8 Å². The Morgan fingerprint density at radius 2 is 2.25 bits per heavy atom. The van der Waals surface area contributed by atoms with Crippen molar-refractivity contribution in [2.24, 2.45) is 0 Å². The van der Waals surface area contributed by atoms with Gasteiger partial charge in [-0.25, -0.2) is 0 Å². The summed E-state index contributed by atoms with van der Waals surface area (Å²) in [5.74, 6) is 0.0120. The van der Waals surface area contributed by atoms with Crippen LogP contribution < -0.4 is 10.2 Å². The van der Waals surface area contributed by atoms with Gasteiger partial charge in [-0.1, -0.05) is 6.07 Å². The molecule has 0 atom stereocenters. The van der Waals surface area contributed by atoms with E-state index >= 15 is 0 Å². The van der Waals surface area contributed by atoms with E-state index in [1.807, 2.05) is 36.9 Å². The van der Waals surface area contributed by atoms with Gasteiger partial charge in [-0.3, -0.25) is 4.79 Å². The first-order chi connectivity index (χ1) is 7.61. The Hall–Kier alpha value is -1.55. The van der Waals surface area contributed by atoms with Crippen LogP contribution >= 0.6 is 0 Å². The lowest BCUT2D eigenvalue weighted by molar-refractivity contribution is -0.115. The molecule has 2 rings (SSSR count). The van der Waals surface area contributed by atoms with Crippen LogP contribution in [0.15, 0.2) is 18.2 Å². The van der Waals surface area contributed by atoms with Gasteiger partial charge in [-0.05, 0) is 31.5 Å². The number of hydrogen-bond acceptors (Lipinski definition) is 3. The third-order valence-electron chi connectivity index (χ3n) is 2.77. The van der Waals surface area contributed by atoms with E-state index in [9.17, 15) is 4.79 Å². The number of aliphatic hydroxyl groups excluding tert-OH is 1.